The zero-order chi connectivity index (χ0) is 13.9. The number of aryl methyl sites for hydroxylation is 2. The Bertz CT molecular complexity index is 379. The van der Waals surface area contributed by atoms with Crippen molar-refractivity contribution in [3.8, 4) is 0 Å². The summed E-state index contributed by atoms with van der Waals surface area (Å²) in [6.07, 6.45) is 5.81. The number of alkyl halides is 1. The molecule has 0 saturated heterocycles. The van der Waals surface area contributed by atoms with Gasteiger partial charge in [-0.1, -0.05) is 42.7 Å². The van der Waals surface area contributed by atoms with Gasteiger partial charge in [0.1, 0.15) is 0 Å². The summed E-state index contributed by atoms with van der Waals surface area (Å²) in [6, 6.07) is 8.33. The Morgan fingerprint density at radius 1 is 1.21 bits per heavy atom. The molecule has 0 heterocycles. The normalized spacial score (nSPS) is 10.4. The summed E-state index contributed by atoms with van der Waals surface area (Å²) in [4.78, 5) is 11.7. The van der Waals surface area contributed by atoms with E-state index in [1.165, 1.54) is 11.1 Å². The molecule has 19 heavy (non-hydrogen) atoms. The highest BCUT2D eigenvalue weighted by atomic mass is 35.5. The third-order valence-corrected chi connectivity index (χ3v) is 3.37. The molecule has 0 atom stereocenters. The largest absolute Gasteiger partial charge is 0.356 e. The molecule has 1 aromatic rings. The molecule has 2 nitrogen and oxygen atoms in total. The fourth-order valence-corrected chi connectivity index (χ4v) is 2.20. The quantitative estimate of drug-likeness (QED) is 0.541. The van der Waals surface area contributed by atoms with Crippen LogP contribution in [-0.4, -0.2) is 18.3 Å². The van der Waals surface area contributed by atoms with Crippen molar-refractivity contribution in [3.05, 3.63) is 35.4 Å². The molecule has 0 spiro atoms. The van der Waals surface area contributed by atoms with Gasteiger partial charge in [0.2, 0.25) is 5.91 Å². The Hall–Kier alpha value is -1.02. The van der Waals surface area contributed by atoms with Gasteiger partial charge in [0.15, 0.2) is 0 Å². The topological polar surface area (TPSA) is 29.1 Å². The van der Waals surface area contributed by atoms with Crippen LogP contribution in [0.15, 0.2) is 24.3 Å². The van der Waals surface area contributed by atoms with Crippen molar-refractivity contribution in [2.45, 2.75) is 45.4 Å². The van der Waals surface area contributed by atoms with Gasteiger partial charge < -0.3 is 5.32 Å². The Morgan fingerprint density at radius 2 is 2.00 bits per heavy atom. The SMILES string of the molecule is Cc1cccc(CCC(=O)NCCCCCCCl)c1. The van der Waals surface area contributed by atoms with Crippen molar-refractivity contribution in [1.82, 2.24) is 5.32 Å². The minimum Gasteiger partial charge on any atom is -0.356 e. The Balaban J connectivity index is 2.08. The number of halogens is 1. The first kappa shape index (κ1) is 16.0. The first-order valence-corrected chi connectivity index (χ1v) is 7.64. The predicted octanol–water partition coefficient (Wildman–Crippen LogP) is 3.84. The van der Waals surface area contributed by atoms with Crippen LogP contribution in [0.2, 0.25) is 0 Å². The van der Waals surface area contributed by atoms with Gasteiger partial charge in [0.05, 0.1) is 0 Å². The molecule has 0 unspecified atom stereocenters. The number of hydrogen-bond acceptors (Lipinski definition) is 1. The van der Waals surface area contributed by atoms with E-state index in [0.29, 0.717) is 6.42 Å². The fraction of sp³-hybridized carbons (Fsp3) is 0.562. The van der Waals surface area contributed by atoms with E-state index >= 15 is 0 Å². The monoisotopic (exact) mass is 281 g/mol. The second-order valence-corrected chi connectivity index (χ2v) is 5.32. The van der Waals surface area contributed by atoms with E-state index in [1.807, 2.05) is 6.07 Å². The van der Waals surface area contributed by atoms with E-state index in [1.54, 1.807) is 0 Å². The van der Waals surface area contributed by atoms with E-state index in [0.717, 1.165) is 44.5 Å². The molecule has 0 radical (unpaired) electrons. The highest BCUT2D eigenvalue weighted by molar-refractivity contribution is 6.17. The van der Waals surface area contributed by atoms with Crippen LogP contribution in [0.5, 0.6) is 0 Å². The number of unbranched alkanes of at least 4 members (excludes halogenated alkanes) is 3. The van der Waals surface area contributed by atoms with Crippen molar-refractivity contribution in [2.24, 2.45) is 0 Å². The number of amides is 1. The molecular formula is C16H24ClNO. The zero-order valence-electron chi connectivity index (χ0n) is 11.8. The van der Waals surface area contributed by atoms with Crippen LogP contribution in [0.3, 0.4) is 0 Å². The summed E-state index contributed by atoms with van der Waals surface area (Å²) in [5.41, 5.74) is 2.48. The average Bonchev–Trinajstić information content (AvgIpc) is 2.40. The Kier molecular flexibility index (Phi) is 8.31. The maximum Gasteiger partial charge on any atom is 0.220 e. The third-order valence-electron chi connectivity index (χ3n) is 3.11. The first-order chi connectivity index (χ1) is 9.22. The number of nitrogens with one attached hydrogen (secondary N) is 1. The van der Waals surface area contributed by atoms with Crippen molar-refractivity contribution >= 4 is 17.5 Å². The van der Waals surface area contributed by atoms with Crippen LogP contribution in [0, 0.1) is 6.92 Å². The molecule has 1 N–H and O–H groups in total. The van der Waals surface area contributed by atoms with Gasteiger partial charge >= 0.3 is 0 Å². The molecule has 0 aliphatic carbocycles. The van der Waals surface area contributed by atoms with Gasteiger partial charge in [-0.2, -0.15) is 0 Å². The van der Waals surface area contributed by atoms with Gasteiger partial charge in [-0.3, -0.25) is 4.79 Å². The third kappa shape index (κ3) is 7.89. The molecule has 0 fully saturated rings. The molecule has 1 aromatic carbocycles. The minimum atomic E-state index is 0.152. The highest BCUT2D eigenvalue weighted by Gasteiger charge is 2.01. The average molecular weight is 282 g/mol. The van der Waals surface area contributed by atoms with Gasteiger partial charge in [-0.05, 0) is 31.7 Å². The predicted molar refractivity (Wildman–Crippen MR) is 81.7 cm³/mol. The fourth-order valence-electron chi connectivity index (χ4n) is 2.01. The molecule has 1 rings (SSSR count). The van der Waals surface area contributed by atoms with E-state index in [9.17, 15) is 4.79 Å². The molecule has 106 valence electrons. The summed E-state index contributed by atoms with van der Waals surface area (Å²) >= 11 is 5.61. The van der Waals surface area contributed by atoms with E-state index in [2.05, 4.69) is 30.4 Å². The first-order valence-electron chi connectivity index (χ1n) is 7.10. The van der Waals surface area contributed by atoms with Crippen molar-refractivity contribution in [2.75, 3.05) is 12.4 Å². The molecule has 0 aliphatic heterocycles. The smallest absolute Gasteiger partial charge is 0.220 e. The lowest BCUT2D eigenvalue weighted by Gasteiger charge is -2.05. The molecule has 0 saturated carbocycles. The van der Waals surface area contributed by atoms with Gasteiger partial charge in [-0.15, -0.1) is 11.6 Å². The van der Waals surface area contributed by atoms with Crippen LogP contribution < -0.4 is 5.32 Å². The van der Waals surface area contributed by atoms with Crippen LogP contribution in [0.1, 0.15) is 43.2 Å². The standard InChI is InChI=1S/C16H24ClNO/c1-14-7-6-8-15(13-14)9-10-16(19)18-12-5-3-2-4-11-17/h6-8,13H,2-5,9-12H2,1H3,(H,18,19). The second-order valence-electron chi connectivity index (χ2n) is 4.94. The van der Waals surface area contributed by atoms with Crippen molar-refractivity contribution in [1.29, 1.82) is 0 Å². The number of carbonyl (C=O) groups is 1. The molecular weight excluding hydrogens is 258 g/mol. The number of hydrogen-bond donors (Lipinski definition) is 1. The van der Waals surface area contributed by atoms with E-state index < -0.39 is 0 Å². The lowest BCUT2D eigenvalue weighted by atomic mass is 10.1. The molecule has 3 heteroatoms. The zero-order valence-corrected chi connectivity index (χ0v) is 12.5. The molecule has 0 aliphatic rings. The lowest BCUT2D eigenvalue weighted by molar-refractivity contribution is -0.121. The molecule has 0 bridgehead atoms. The number of rotatable bonds is 9. The van der Waals surface area contributed by atoms with Gasteiger partial charge in [0, 0.05) is 18.8 Å². The molecule has 1 amide bonds. The van der Waals surface area contributed by atoms with E-state index in [-0.39, 0.29) is 5.91 Å². The van der Waals surface area contributed by atoms with Gasteiger partial charge in [0.25, 0.3) is 0 Å². The number of carbonyl (C=O) groups excluding carboxylic acids is 1. The van der Waals surface area contributed by atoms with Crippen LogP contribution in [0.25, 0.3) is 0 Å². The summed E-state index contributed by atoms with van der Waals surface area (Å²) < 4.78 is 0. The minimum absolute atomic E-state index is 0.152. The Labute approximate surface area is 121 Å². The summed E-state index contributed by atoms with van der Waals surface area (Å²) in [5.74, 6) is 0.891. The summed E-state index contributed by atoms with van der Waals surface area (Å²) in [7, 11) is 0. The summed E-state index contributed by atoms with van der Waals surface area (Å²) in [5, 5.41) is 2.97. The van der Waals surface area contributed by atoms with Gasteiger partial charge in [-0.25, -0.2) is 0 Å². The maximum absolute atomic E-state index is 11.7. The van der Waals surface area contributed by atoms with Crippen molar-refractivity contribution in [3.63, 3.8) is 0 Å². The Morgan fingerprint density at radius 3 is 2.74 bits per heavy atom. The maximum atomic E-state index is 11.7. The van der Waals surface area contributed by atoms with Crippen molar-refractivity contribution < 1.29 is 4.79 Å². The van der Waals surface area contributed by atoms with Crippen LogP contribution >= 0.6 is 11.6 Å². The number of benzene rings is 1. The second kappa shape index (κ2) is 9.85. The highest BCUT2D eigenvalue weighted by Crippen LogP contribution is 2.06. The van der Waals surface area contributed by atoms with Crippen LogP contribution in [0.4, 0.5) is 0 Å². The van der Waals surface area contributed by atoms with E-state index in [4.69, 9.17) is 11.6 Å². The molecule has 0 aromatic heterocycles. The lowest BCUT2D eigenvalue weighted by Crippen LogP contribution is -2.24. The summed E-state index contributed by atoms with van der Waals surface area (Å²) in [6.45, 7) is 2.86. The van der Waals surface area contributed by atoms with Crippen LogP contribution in [-0.2, 0) is 11.2 Å².